The van der Waals surface area contributed by atoms with Gasteiger partial charge in [-0.05, 0) is 17.2 Å². The molecule has 0 amide bonds. The van der Waals surface area contributed by atoms with E-state index >= 15 is 0 Å². The van der Waals surface area contributed by atoms with Crippen molar-refractivity contribution < 1.29 is 13.6 Å². The van der Waals surface area contributed by atoms with Gasteiger partial charge in [0.15, 0.2) is 17.9 Å². The Hall–Kier alpha value is -2.03. The first kappa shape index (κ1) is 10.5. The van der Waals surface area contributed by atoms with Gasteiger partial charge in [-0.3, -0.25) is 4.79 Å². The summed E-state index contributed by atoms with van der Waals surface area (Å²) in [5.74, 6) is -2.11. The molecule has 0 aromatic heterocycles. The van der Waals surface area contributed by atoms with Crippen LogP contribution < -0.4 is 0 Å². The van der Waals surface area contributed by atoms with E-state index in [0.29, 0.717) is 17.4 Å². The van der Waals surface area contributed by atoms with Crippen molar-refractivity contribution in [3.8, 4) is 11.1 Å². The molecule has 2 rings (SSSR count). The molecule has 0 atom stereocenters. The lowest BCUT2D eigenvalue weighted by atomic mass is 10.00. The largest absolute Gasteiger partial charge is 0.298 e. The van der Waals surface area contributed by atoms with Gasteiger partial charge in [0.25, 0.3) is 0 Å². The molecule has 0 aliphatic rings. The molecule has 0 spiro atoms. The van der Waals surface area contributed by atoms with Gasteiger partial charge in [0.05, 0.1) is 5.56 Å². The average Bonchev–Trinajstić information content (AvgIpc) is 2.33. The standard InChI is InChI=1S/C13H8F2O/c14-12-7-6-10(11(8-16)13(12)15)9-4-2-1-3-5-9/h1-8H. The number of carbonyl (C=O) groups is 1. The number of carbonyl (C=O) groups excluding carboxylic acids is 1. The zero-order valence-corrected chi connectivity index (χ0v) is 8.28. The molecule has 0 N–H and O–H groups in total. The van der Waals surface area contributed by atoms with Crippen LogP contribution in [0.5, 0.6) is 0 Å². The molecular formula is C13H8F2O. The van der Waals surface area contributed by atoms with Crippen molar-refractivity contribution in [2.24, 2.45) is 0 Å². The van der Waals surface area contributed by atoms with Crippen molar-refractivity contribution in [3.05, 3.63) is 59.7 Å². The van der Waals surface area contributed by atoms with Gasteiger partial charge in [-0.25, -0.2) is 8.78 Å². The molecule has 0 aliphatic carbocycles. The summed E-state index contributed by atoms with van der Waals surface area (Å²) in [6.07, 6.45) is 0.334. The highest BCUT2D eigenvalue weighted by atomic mass is 19.2. The van der Waals surface area contributed by atoms with E-state index in [0.717, 1.165) is 6.07 Å². The molecule has 0 bridgehead atoms. The maximum absolute atomic E-state index is 13.3. The molecule has 0 saturated carbocycles. The topological polar surface area (TPSA) is 17.1 Å². The molecule has 0 heterocycles. The van der Waals surface area contributed by atoms with Crippen molar-refractivity contribution in [1.82, 2.24) is 0 Å². The number of halogens is 2. The van der Waals surface area contributed by atoms with Crippen LogP contribution in [0.1, 0.15) is 10.4 Å². The predicted octanol–water partition coefficient (Wildman–Crippen LogP) is 3.44. The third-order valence-corrected chi connectivity index (χ3v) is 2.34. The van der Waals surface area contributed by atoms with Gasteiger partial charge >= 0.3 is 0 Å². The van der Waals surface area contributed by atoms with Gasteiger partial charge in [0, 0.05) is 0 Å². The van der Waals surface area contributed by atoms with Crippen LogP contribution >= 0.6 is 0 Å². The fourth-order valence-corrected chi connectivity index (χ4v) is 1.55. The molecular weight excluding hydrogens is 210 g/mol. The predicted molar refractivity (Wildman–Crippen MR) is 57.2 cm³/mol. The summed E-state index contributed by atoms with van der Waals surface area (Å²) in [5.41, 5.74) is 0.837. The van der Waals surface area contributed by atoms with Crippen LogP contribution in [0.15, 0.2) is 42.5 Å². The maximum atomic E-state index is 13.3. The smallest absolute Gasteiger partial charge is 0.169 e. The second kappa shape index (κ2) is 4.23. The van der Waals surface area contributed by atoms with Crippen LogP contribution in [0.25, 0.3) is 11.1 Å². The van der Waals surface area contributed by atoms with E-state index in [4.69, 9.17) is 0 Å². The monoisotopic (exact) mass is 218 g/mol. The van der Waals surface area contributed by atoms with Crippen molar-refractivity contribution in [3.63, 3.8) is 0 Å². The minimum atomic E-state index is -1.10. The fraction of sp³-hybridized carbons (Fsp3) is 0. The van der Waals surface area contributed by atoms with Crippen LogP contribution in [0.3, 0.4) is 0 Å². The van der Waals surface area contributed by atoms with E-state index in [1.165, 1.54) is 6.07 Å². The second-order valence-electron chi connectivity index (χ2n) is 3.31. The van der Waals surface area contributed by atoms with E-state index < -0.39 is 11.6 Å². The Morgan fingerprint density at radius 1 is 0.938 bits per heavy atom. The van der Waals surface area contributed by atoms with E-state index in [1.807, 2.05) is 6.07 Å². The number of hydrogen-bond acceptors (Lipinski definition) is 1. The first-order valence-corrected chi connectivity index (χ1v) is 4.72. The summed E-state index contributed by atoms with van der Waals surface area (Å²) in [4.78, 5) is 10.8. The van der Waals surface area contributed by atoms with Gasteiger partial charge in [-0.15, -0.1) is 0 Å². The zero-order valence-electron chi connectivity index (χ0n) is 8.28. The lowest BCUT2D eigenvalue weighted by Crippen LogP contribution is -1.96. The molecule has 16 heavy (non-hydrogen) atoms. The molecule has 1 nitrogen and oxygen atoms in total. The minimum absolute atomic E-state index is 0.244. The Bertz CT molecular complexity index is 521. The summed E-state index contributed by atoms with van der Waals surface area (Å²) in [6.45, 7) is 0. The van der Waals surface area contributed by atoms with Gasteiger partial charge in [-0.2, -0.15) is 0 Å². The Morgan fingerprint density at radius 3 is 2.25 bits per heavy atom. The van der Waals surface area contributed by atoms with Gasteiger partial charge in [0.2, 0.25) is 0 Å². The van der Waals surface area contributed by atoms with Crippen molar-refractivity contribution in [2.75, 3.05) is 0 Å². The van der Waals surface area contributed by atoms with Crippen LogP contribution in [0.4, 0.5) is 8.78 Å². The first-order valence-electron chi connectivity index (χ1n) is 4.72. The molecule has 80 valence electrons. The Morgan fingerprint density at radius 2 is 1.62 bits per heavy atom. The first-order chi connectivity index (χ1) is 7.74. The molecule has 2 aromatic rings. The summed E-state index contributed by atoms with van der Waals surface area (Å²) in [6, 6.07) is 11.2. The van der Waals surface area contributed by atoms with E-state index in [-0.39, 0.29) is 5.56 Å². The normalized spacial score (nSPS) is 10.1. The summed E-state index contributed by atoms with van der Waals surface area (Å²) in [5, 5.41) is 0. The number of hydrogen-bond donors (Lipinski definition) is 0. The molecule has 0 radical (unpaired) electrons. The highest BCUT2D eigenvalue weighted by Gasteiger charge is 2.13. The summed E-state index contributed by atoms with van der Waals surface area (Å²) < 4.78 is 26.3. The summed E-state index contributed by atoms with van der Waals surface area (Å²) >= 11 is 0. The van der Waals surface area contributed by atoms with E-state index in [9.17, 15) is 13.6 Å². The third kappa shape index (κ3) is 1.72. The zero-order chi connectivity index (χ0) is 11.5. The van der Waals surface area contributed by atoms with Crippen LogP contribution in [-0.4, -0.2) is 6.29 Å². The second-order valence-corrected chi connectivity index (χ2v) is 3.31. The van der Waals surface area contributed by atoms with Gasteiger partial charge in [0.1, 0.15) is 0 Å². The Labute approximate surface area is 91.3 Å². The van der Waals surface area contributed by atoms with E-state index in [1.54, 1.807) is 24.3 Å². The Kier molecular flexibility index (Phi) is 2.77. The highest BCUT2D eigenvalue weighted by molar-refractivity contribution is 5.87. The molecule has 0 fully saturated rings. The average molecular weight is 218 g/mol. The quantitative estimate of drug-likeness (QED) is 0.705. The van der Waals surface area contributed by atoms with Crippen LogP contribution in [0.2, 0.25) is 0 Å². The van der Waals surface area contributed by atoms with E-state index in [2.05, 4.69) is 0 Å². The van der Waals surface area contributed by atoms with Crippen LogP contribution in [0, 0.1) is 11.6 Å². The molecule has 2 aromatic carbocycles. The van der Waals surface area contributed by atoms with Gasteiger partial charge < -0.3 is 0 Å². The third-order valence-electron chi connectivity index (χ3n) is 2.34. The lowest BCUT2D eigenvalue weighted by molar-refractivity contribution is 0.111. The number of rotatable bonds is 2. The minimum Gasteiger partial charge on any atom is -0.298 e. The number of aldehydes is 1. The van der Waals surface area contributed by atoms with Crippen molar-refractivity contribution in [1.29, 1.82) is 0 Å². The molecule has 3 heteroatoms. The molecule has 0 unspecified atom stereocenters. The SMILES string of the molecule is O=Cc1c(-c2ccccc2)ccc(F)c1F. The number of benzene rings is 2. The van der Waals surface area contributed by atoms with Gasteiger partial charge in [-0.1, -0.05) is 36.4 Å². The summed E-state index contributed by atoms with van der Waals surface area (Å²) in [7, 11) is 0. The lowest BCUT2D eigenvalue weighted by Gasteiger charge is -2.06. The van der Waals surface area contributed by atoms with Crippen molar-refractivity contribution >= 4 is 6.29 Å². The van der Waals surface area contributed by atoms with Crippen LogP contribution in [-0.2, 0) is 0 Å². The molecule has 0 aliphatic heterocycles. The van der Waals surface area contributed by atoms with Crippen molar-refractivity contribution in [2.45, 2.75) is 0 Å². The molecule has 0 saturated heterocycles. The highest BCUT2D eigenvalue weighted by Crippen LogP contribution is 2.25. The fourth-order valence-electron chi connectivity index (χ4n) is 1.55. The Balaban J connectivity index is 2.67. The maximum Gasteiger partial charge on any atom is 0.169 e.